The van der Waals surface area contributed by atoms with E-state index in [4.69, 9.17) is 14.5 Å². The lowest BCUT2D eigenvalue weighted by Crippen LogP contribution is -2.40. The van der Waals surface area contributed by atoms with Crippen LogP contribution in [0.15, 0.2) is 98.3 Å². The van der Waals surface area contributed by atoms with Crippen molar-refractivity contribution in [2.75, 3.05) is 7.11 Å². The fourth-order valence-corrected chi connectivity index (χ4v) is 5.88. The molecule has 0 bridgehead atoms. The molecule has 0 aliphatic carbocycles. The summed E-state index contributed by atoms with van der Waals surface area (Å²) in [4.78, 5) is 32.0. The average Bonchev–Trinajstić information content (AvgIpc) is 3.26. The predicted octanol–water partition coefficient (Wildman–Crippen LogP) is 5.28. The van der Waals surface area contributed by atoms with Crippen molar-refractivity contribution in [3.8, 4) is 5.75 Å². The zero-order valence-electron chi connectivity index (χ0n) is 21.2. The molecule has 3 aromatic carbocycles. The van der Waals surface area contributed by atoms with Gasteiger partial charge in [-0.3, -0.25) is 9.36 Å². The van der Waals surface area contributed by atoms with Gasteiger partial charge in [0.25, 0.3) is 5.56 Å². The van der Waals surface area contributed by atoms with Crippen LogP contribution in [-0.4, -0.2) is 17.6 Å². The van der Waals surface area contributed by atoms with Gasteiger partial charge in [-0.1, -0.05) is 82.7 Å². The summed E-state index contributed by atoms with van der Waals surface area (Å²) in [6, 6.07) is 20.6. The summed E-state index contributed by atoms with van der Waals surface area (Å²) in [5.74, 6) is -0.371. The van der Waals surface area contributed by atoms with Crippen molar-refractivity contribution in [2.45, 2.75) is 26.0 Å². The molecule has 0 N–H and O–H groups in total. The Hall–Kier alpha value is -3.82. The second kappa shape index (κ2) is 11.5. The fourth-order valence-electron chi connectivity index (χ4n) is 4.49. The molecule has 5 rings (SSSR count). The number of carbonyl (C=O) groups excluding carboxylic acids is 1. The summed E-state index contributed by atoms with van der Waals surface area (Å²) in [5, 5.41) is 0. The van der Waals surface area contributed by atoms with Crippen LogP contribution in [-0.2, 0) is 16.1 Å². The molecule has 4 aromatic rings. The van der Waals surface area contributed by atoms with Gasteiger partial charge in [0.2, 0.25) is 0 Å². The lowest BCUT2D eigenvalue weighted by Gasteiger charge is -2.25. The number of nitrogens with zero attached hydrogens (tertiary/aromatic N) is 2. The molecule has 39 heavy (non-hydrogen) atoms. The van der Waals surface area contributed by atoms with Crippen LogP contribution < -0.4 is 19.6 Å². The van der Waals surface area contributed by atoms with E-state index in [9.17, 15) is 14.0 Å². The van der Waals surface area contributed by atoms with Crippen LogP contribution in [0.4, 0.5) is 4.39 Å². The van der Waals surface area contributed by atoms with Crippen LogP contribution in [0.3, 0.4) is 0 Å². The third-order valence-corrected chi connectivity index (χ3v) is 7.84. The molecule has 0 fully saturated rings. The highest BCUT2D eigenvalue weighted by atomic mass is 79.9. The molecular formula is C30H24BrFN2O4S. The second-order valence-electron chi connectivity index (χ2n) is 8.76. The number of hydrogen-bond acceptors (Lipinski definition) is 6. The first-order valence-corrected chi connectivity index (χ1v) is 13.9. The molecule has 0 saturated heterocycles. The van der Waals surface area contributed by atoms with E-state index in [1.54, 1.807) is 34.9 Å². The normalized spacial score (nSPS) is 15.1. The quantitative estimate of drug-likeness (QED) is 0.268. The van der Waals surface area contributed by atoms with Gasteiger partial charge in [-0.15, -0.1) is 0 Å². The zero-order chi connectivity index (χ0) is 27.5. The molecule has 1 aromatic heterocycles. The molecule has 0 unspecified atom stereocenters. The van der Waals surface area contributed by atoms with E-state index in [0.29, 0.717) is 43.9 Å². The Kier molecular flexibility index (Phi) is 7.90. The molecular weight excluding hydrogens is 583 g/mol. The fraction of sp³-hybridized carbons (Fsp3) is 0.167. The van der Waals surface area contributed by atoms with Gasteiger partial charge < -0.3 is 9.47 Å². The highest BCUT2D eigenvalue weighted by Crippen LogP contribution is 2.32. The number of allylic oxidation sites excluding steroid dienone is 1. The maximum Gasteiger partial charge on any atom is 0.338 e. The smallest absolute Gasteiger partial charge is 0.338 e. The molecule has 0 saturated carbocycles. The van der Waals surface area contributed by atoms with Crippen molar-refractivity contribution in [1.29, 1.82) is 0 Å². The number of methoxy groups -OCH3 is 1. The minimum Gasteiger partial charge on any atom is -0.488 e. The number of esters is 1. The monoisotopic (exact) mass is 606 g/mol. The standard InChI is InChI=1S/C30H24BrFN2O4S/c1-3-23-26(29(36)37-2)27(18-9-5-4-6-10-18)34-28(35)25(39-30(34)33-23)16-20-15-21(31)13-14-24(20)38-17-19-11-7-8-12-22(19)32/h4-16,27H,3,17H2,1-2H3/b25-16-/t27-/m0/s1. The molecule has 0 radical (unpaired) electrons. The van der Waals surface area contributed by atoms with Crippen LogP contribution in [0.25, 0.3) is 6.08 Å². The molecule has 198 valence electrons. The van der Waals surface area contributed by atoms with Crippen LogP contribution in [0.5, 0.6) is 5.75 Å². The van der Waals surface area contributed by atoms with Crippen molar-refractivity contribution in [1.82, 2.24) is 4.57 Å². The van der Waals surface area contributed by atoms with Crippen LogP contribution in [0.2, 0.25) is 0 Å². The molecule has 1 atom stereocenters. The van der Waals surface area contributed by atoms with Crippen LogP contribution in [0, 0.1) is 5.82 Å². The van der Waals surface area contributed by atoms with E-state index in [1.165, 1.54) is 24.5 Å². The average molecular weight is 608 g/mol. The molecule has 0 amide bonds. The van der Waals surface area contributed by atoms with Crippen LogP contribution in [0.1, 0.15) is 36.1 Å². The molecule has 1 aliphatic rings. The Labute approximate surface area is 236 Å². The first-order valence-electron chi connectivity index (χ1n) is 12.2. The third-order valence-electron chi connectivity index (χ3n) is 6.37. The van der Waals surface area contributed by atoms with Crippen molar-refractivity contribution >= 4 is 39.3 Å². The first-order chi connectivity index (χ1) is 18.9. The number of thiazole rings is 1. The SMILES string of the molecule is CCC1=C(C(=O)OC)[C@H](c2ccccc2)n2c(s/c(=C\c3cc(Br)ccc3OCc3ccccc3F)c2=O)=N1. The first kappa shape index (κ1) is 26.8. The van der Waals surface area contributed by atoms with Crippen molar-refractivity contribution in [2.24, 2.45) is 4.99 Å². The van der Waals surface area contributed by atoms with E-state index < -0.39 is 12.0 Å². The van der Waals surface area contributed by atoms with Gasteiger partial charge in [0.1, 0.15) is 18.2 Å². The van der Waals surface area contributed by atoms with E-state index in [1.807, 2.05) is 49.4 Å². The largest absolute Gasteiger partial charge is 0.488 e. The number of aromatic nitrogens is 1. The number of halogens is 2. The molecule has 2 heterocycles. The van der Waals surface area contributed by atoms with Crippen molar-refractivity contribution in [3.05, 3.63) is 131 Å². The Bertz CT molecular complexity index is 1760. The topological polar surface area (TPSA) is 69.9 Å². The van der Waals surface area contributed by atoms with Gasteiger partial charge in [-0.2, -0.15) is 0 Å². The van der Waals surface area contributed by atoms with Gasteiger partial charge in [0, 0.05) is 15.6 Å². The predicted molar refractivity (Wildman–Crippen MR) is 152 cm³/mol. The lowest BCUT2D eigenvalue weighted by atomic mass is 9.95. The maximum absolute atomic E-state index is 14.2. The van der Waals surface area contributed by atoms with E-state index in [-0.39, 0.29) is 18.0 Å². The van der Waals surface area contributed by atoms with Gasteiger partial charge in [0.05, 0.1) is 29.0 Å². The minimum atomic E-state index is -0.675. The summed E-state index contributed by atoms with van der Waals surface area (Å²) in [6.07, 6.45) is 2.24. The van der Waals surface area contributed by atoms with E-state index in [0.717, 1.165) is 10.0 Å². The molecule has 6 nitrogen and oxygen atoms in total. The van der Waals surface area contributed by atoms with Gasteiger partial charge in [0.15, 0.2) is 4.80 Å². The van der Waals surface area contributed by atoms with Crippen molar-refractivity contribution in [3.63, 3.8) is 0 Å². The van der Waals surface area contributed by atoms with Crippen molar-refractivity contribution < 1.29 is 18.7 Å². The number of rotatable bonds is 7. The minimum absolute atomic E-state index is 0.0345. The van der Waals surface area contributed by atoms with Gasteiger partial charge in [-0.25, -0.2) is 14.2 Å². The number of carbonyl (C=O) groups is 1. The zero-order valence-corrected chi connectivity index (χ0v) is 23.6. The summed E-state index contributed by atoms with van der Waals surface area (Å²) < 4.78 is 28.0. The van der Waals surface area contributed by atoms with Gasteiger partial charge in [-0.05, 0) is 42.3 Å². The Balaban J connectivity index is 1.64. The highest BCUT2D eigenvalue weighted by molar-refractivity contribution is 9.10. The summed E-state index contributed by atoms with van der Waals surface area (Å²) in [6.45, 7) is 1.95. The maximum atomic E-state index is 14.2. The lowest BCUT2D eigenvalue weighted by molar-refractivity contribution is -0.136. The Morgan fingerprint density at radius 3 is 2.59 bits per heavy atom. The number of ether oxygens (including phenoxy) is 2. The van der Waals surface area contributed by atoms with Crippen LogP contribution >= 0.6 is 27.3 Å². The highest BCUT2D eigenvalue weighted by Gasteiger charge is 2.33. The summed E-state index contributed by atoms with van der Waals surface area (Å²) >= 11 is 4.73. The number of benzene rings is 3. The van der Waals surface area contributed by atoms with E-state index >= 15 is 0 Å². The third kappa shape index (κ3) is 5.37. The van der Waals surface area contributed by atoms with Gasteiger partial charge >= 0.3 is 5.97 Å². The molecule has 9 heteroatoms. The second-order valence-corrected chi connectivity index (χ2v) is 10.7. The Morgan fingerprint density at radius 1 is 1.13 bits per heavy atom. The molecule has 1 aliphatic heterocycles. The summed E-state index contributed by atoms with van der Waals surface area (Å²) in [7, 11) is 1.33. The summed E-state index contributed by atoms with van der Waals surface area (Å²) in [5.41, 5.74) is 2.49. The Morgan fingerprint density at radius 2 is 1.87 bits per heavy atom. The van der Waals surface area contributed by atoms with E-state index in [2.05, 4.69) is 15.9 Å². The number of hydrogen-bond donors (Lipinski definition) is 0. The molecule has 0 spiro atoms. The number of fused-ring (bicyclic) bond motifs is 1.